The van der Waals surface area contributed by atoms with E-state index in [1.807, 2.05) is 58.5 Å². The fourth-order valence-corrected chi connectivity index (χ4v) is 8.51. The second kappa shape index (κ2) is 15.8. The molecule has 3 aromatic carbocycles. The summed E-state index contributed by atoms with van der Waals surface area (Å²) in [6, 6.07) is 15.6. The molecule has 0 N–H and O–H groups in total. The van der Waals surface area contributed by atoms with E-state index in [4.69, 9.17) is 51.6 Å². The molecule has 7 rings (SSSR count). The molecular formula is C41H45Cl2N5O6. The lowest BCUT2D eigenvalue weighted by Gasteiger charge is -2.43. The Balaban J connectivity index is 1.20. The summed E-state index contributed by atoms with van der Waals surface area (Å²) in [5.41, 5.74) is 5.94. The van der Waals surface area contributed by atoms with Gasteiger partial charge in [-0.05, 0) is 80.6 Å². The molecule has 54 heavy (non-hydrogen) atoms. The molecular weight excluding hydrogens is 729 g/mol. The monoisotopic (exact) mass is 773 g/mol. The van der Waals surface area contributed by atoms with E-state index in [9.17, 15) is 4.79 Å². The first-order chi connectivity index (χ1) is 26.1. The number of anilines is 2. The van der Waals surface area contributed by atoms with Crippen molar-refractivity contribution >= 4 is 51.9 Å². The predicted octanol–water partition coefficient (Wildman–Crippen LogP) is 8.52. The van der Waals surface area contributed by atoms with E-state index in [2.05, 4.69) is 23.7 Å². The number of rotatable bonds is 11. The van der Waals surface area contributed by atoms with E-state index < -0.39 is 0 Å². The molecule has 1 fully saturated rings. The van der Waals surface area contributed by atoms with Gasteiger partial charge in [-0.3, -0.25) is 9.78 Å². The molecule has 2 unspecified atom stereocenters. The minimum absolute atomic E-state index is 0.127. The Kier molecular flexibility index (Phi) is 11.0. The van der Waals surface area contributed by atoms with E-state index in [-0.39, 0.29) is 23.9 Å². The molecule has 13 heteroatoms. The predicted molar refractivity (Wildman–Crippen MR) is 211 cm³/mol. The summed E-state index contributed by atoms with van der Waals surface area (Å²) < 4.78 is 29.2. The number of amides is 1. The molecule has 2 aromatic heterocycles. The molecule has 0 aliphatic carbocycles. The van der Waals surface area contributed by atoms with Crippen LogP contribution in [0.2, 0.25) is 10.0 Å². The molecule has 11 nitrogen and oxygen atoms in total. The van der Waals surface area contributed by atoms with Crippen LogP contribution in [0.5, 0.6) is 23.0 Å². The normalized spacial score (nSPS) is 18.3. The highest BCUT2D eigenvalue weighted by Gasteiger charge is 2.38. The Morgan fingerprint density at radius 1 is 0.889 bits per heavy atom. The zero-order valence-electron chi connectivity index (χ0n) is 31.4. The maximum Gasteiger partial charge on any atom is 0.299 e. The van der Waals surface area contributed by atoms with Gasteiger partial charge in [0.05, 0.1) is 65.9 Å². The molecule has 1 saturated heterocycles. The summed E-state index contributed by atoms with van der Waals surface area (Å²) in [6.07, 6.45) is 5.86. The number of oxazole rings is 1. The number of hydrogen-bond acceptors (Lipinski definition) is 10. The van der Waals surface area contributed by atoms with Crippen LogP contribution in [0.25, 0.3) is 11.1 Å². The minimum Gasteiger partial charge on any atom is -0.497 e. The van der Waals surface area contributed by atoms with Crippen molar-refractivity contribution in [3.63, 3.8) is 0 Å². The third kappa shape index (κ3) is 7.31. The smallest absolute Gasteiger partial charge is 0.299 e. The lowest BCUT2D eigenvalue weighted by molar-refractivity contribution is -0.138. The van der Waals surface area contributed by atoms with Crippen molar-refractivity contribution in [3.8, 4) is 23.0 Å². The van der Waals surface area contributed by atoms with Gasteiger partial charge < -0.3 is 38.1 Å². The molecule has 284 valence electrons. The maximum absolute atomic E-state index is 14.3. The number of ether oxygens (including phenoxy) is 4. The number of carbonyl (C=O) groups is 1. The van der Waals surface area contributed by atoms with Crippen LogP contribution in [0.1, 0.15) is 55.0 Å². The van der Waals surface area contributed by atoms with Gasteiger partial charge in [-0.2, -0.15) is 4.98 Å². The minimum atomic E-state index is -0.213. The molecule has 2 aliphatic heterocycles. The maximum atomic E-state index is 14.3. The lowest BCUT2D eigenvalue weighted by Crippen LogP contribution is -2.50. The standard InChI is InChI=1S/C41H45Cl2N5O6/c1-24-7-8-29(40(49)47-14-13-26-15-30(42)16-33(43)38(26)25(47)2)23-48(24)35-20-44-19-34-39(35)54-41(45-34)46(21-27-9-11-31(50-3)17-36(27)52-5)22-28-10-12-32(51-4)18-37(28)53-6/h9-12,15-20,24-25,29H,7-8,13-14,21-23H2,1-6H3/t24?,25-,29?/m0/s1. The number of benzene rings is 3. The van der Waals surface area contributed by atoms with Crippen LogP contribution in [-0.4, -0.2) is 68.3 Å². The van der Waals surface area contributed by atoms with Gasteiger partial charge in [0.15, 0.2) is 5.58 Å². The fourth-order valence-electron chi connectivity index (χ4n) is 7.82. The molecule has 0 spiro atoms. The largest absolute Gasteiger partial charge is 0.497 e. The molecule has 2 aliphatic rings. The van der Waals surface area contributed by atoms with Crippen LogP contribution >= 0.6 is 23.2 Å². The summed E-state index contributed by atoms with van der Waals surface area (Å²) in [7, 11) is 6.53. The third-order valence-corrected chi connectivity index (χ3v) is 11.3. The second-order valence-electron chi connectivity index (χ2n) is 13.9. The van der Waals surface area contributed by atoms with Crippen LogP contribution in [0.4, 0.5) is 11.7 Å². The molecule has 1 amide bonds. The molecule has 0 bridgehead atoms. The Morgan fingerprint density at radius 2 is 1.56 bits per heavy atom. The highest BCUT2D eigenvalue weighted by atomic mass is 35.5. The SMILES string of the molecule is COc1ccc(CN(Cc2ccc(OC)cc2OC)c2nc3cncc(N4CC(C(=O)N5CCc6cc(Cl)cc(Cl)c6[C@@H]5C)CCC4C)c3o2)c(OC)c1. The van der Waals surface area contributed by atoms with Gasteiger partial charge in [0, 0.05) is 52.4 Å². The number of piperidine rings is 1. The van der Waals surface area contributed by atoms with Crippen molar-refractivity contribution in [3.05, 3.63) is 93.2 Å². The number of carbonyl (C=O) groups excluding carboxylic acids is 1. The van der Waals surface area contributed by atoms with Crippen LogP contribution in [0, 0.1) is 5.92 Å². The zero-order chi connectivity index (χ0) is 38.1. The molecule has 3 atom stereocenters. The van der Waals surface area contributed by atoms with Gasteiger partial charge in [-0.15, -0.1) is 0 Å². The first kappa shape index (κ1) is 37.4. The zero-order valence-corrected chi connectivity index (χ0v) is 32.9. The van der Waals surface area contributed by atoms with Crippen molar-refractivity contribution in [1.29, 1.82) is 0 Å². The van der Waals surface area contributed by atoms with Crippen molar-refractivity contribution in [2.45, 2.75) is 58.3 Å². The van der Waals surface area contributed by atoms with E-state index >= 15 is 0 Å². The van der Waals surface area contributed by atoms with Crippen molar-refractivity contribution in [2.75, 3.05) is 51.3 Å². The van der Waals surface area contributed by atoms with Crippen molar-refractivity contribution in [1.82, 2.24) is 14.9 Å². The summed E-state index contributed by atoms with van der Waals surface area (Å²) in [4.78, 5) is 30.1. The first-order valence-electron chi connectivity index (χ1n) is 18.1. The van der Waals surface area contributed by atoms with Crippen LogP contribution in [0.15, 0.2) is 65.3 Å². The van der Waals surface area contributed by atoms with Gasteiger partial charge >= 0.3 is 0 Å². The average molecular weight is 775 g/mol. The molecule has 4 heterocycles. The van der Waals surface area contributed by atoms with Crippen molar-refractivity contribution in [2.24, 2.45) is 5.92 Å². The average Bonchev–Trinajstić information content (AvgIpc) is 3.62. The van der Waals surface area contributed by atoms with Crippen LogP contribution in [0.3, 0.4) is 0 Å². The molecule has 5 aromatic rings. The summed E-state index contributed by atoms with van der Waals surface area (Å²) in [6.45, 7) is 6.18. The highest BCUT2D eigenvalue weighted by Crippen LogP contribution is 2.41. The summed E-state index contributed by atoms with van der Waals surface area (Å²) >= 11 is 13.0. The quantitative estimate of drug-likeness (QED) is 0.130. The number of aromatic nitrogens is 2. The first-order valence-corrected chi connectivity index (χ1v) is 18.8. The van der Waals surface area contributed by atoms with Gasteiger partial charge in [0.25, 0.3) is 6.01 Å². The second-order valence-corrected chi connectivity index (χ2v) is 14.8. The fraction of sp³-hybridized carbons (Fsp3) is 0.390. The van der Waals surface area contributed by atoms with Crippen LogP contribution in [-0.2, 0) is 24.3 Å². The van der Waals surface area contributed by atoms with Gasteiger partial charge in [0.1, 0.15) is 34.2 Å². The highest BCUT2D eigenvalue weighted by molar-refractivity contribution is 6.35. The van der Waals surface area contributed by atoms with Crippen molar-refractivity contribution < 1.29 is 28.2 Å². The number of nitrogens with zero attached hydrogens (tertiary/aromatic N) is 5. The van der Waals surface area contributed by atoms with E-state index in [1.165, 1.54) is 0 Å². The Labute approximate surface area is 325 Å². The Hall–Kier alpha value is -4.87. The Bertz CT molecular complexity index is 2100. The topological polar surface area (TPSA) is 103 Å². The van der Waals surface area contributed by atoms with Gasteiger partial charge in [0.2, 0.25) is 5.91 Å². The van der Waals surface area contributed by atoms with Gasteiger partial charge in [-0.1, -0.05) is 23.2 Å². The van der Waals surface area contributed by atoms with Gasteiger partial charge in [-0.25, -0.2) is 0 Å². The Morgan fingerprint density at radius 3 is 2.19 bits per heavy atom. The summed E-state index contributed by atoms with van der Waals surface area (Å²) in [5, 5.41) is 1.22. The van der Waals surface area contributed by atoms with E-state index in [0.717, 1.165) is 40.8 Å². The number of hydrogen-bond donors (Lipinski definition) is 0. The molecule has 0 radical (unpaired) electrons. The molecule has 0 saturated carbocycles. The number of pyridine rings is 1. The number of fused-ring (bicyclic) bond motifs is 2. The number of methoxy groups -OCH3 is 4. The van der Waals surface area contributed by atoms with Crippen LogP contribution < -0.4 is 28.7 Å². The van der Waals surface area contributed by atoms with E-state index in [0.29, 0.717) is 82.8 Å². The van der Waals surface area contributed by atoms with E-state index in [1.54, 1.807) is 40.7 Å². The lowest BCUT2D eigenvalue weighted by atomic mass is 9.88. The third-order valence-electron chi connectivity index (χ3n) is 10.8. The summed E-state index contributed by atoms with van der Waals surface area (Å²) in [5.74, 6) is 2.65. The number of halogens is 2.